The number of anilines is 1. The van der Waals surface area contributed by atoms with Crippen LogP contribution in [0.4, 0.5) is 5.95 Å². The topological polar surface area (TPSA) is 51.8 Å². The van der Waals surface area contributed by atoms with Crippen LogP contribution in [0.5, 0.6) is 0 Å². The molecule has 2 rings (SSSR count). The van der Waals surface area contributed by atoms with Crippen molar-refractivity contribution in [3.8, 4) is 10.6 Å². The van der Waals surface area contributed by atoms with E-state index in [0.717, 1.165) is 20.6 Å². The van der Waals surface area contributed by atoms with Crippen molar-refractivity contribution in [1.82, 2.24) is 9.36 Å². The zero-order valence-electron chi connectivity index (χ0n) is 7.49. The number of nitrogen functional groups attached to an aromatic ring is 1. The van der Waals surface area contributed by atoms with Gasteiger partial charge in [0.25, 0.3) is 0 Å². The van der Waals surface area contributed by atoms with Crippen molar-refractivity contribution in [2.24, 2.45) is 0 Å². The number of benzene rings is 1. The van der Waals surface area contributed by atoms with Crippen molar-refractivity contribution in [2.75, 3.05) is 5.73 Å². The molecule has 0 radical (unpaired) electrons. The second-order valence-corrected chi connectivity index (χ2v) is 4.48. The highest BCUT2D eigenvalue weighted by molar-refractivity contribution is 9.10. The molecule has 0 atom stereocenters. The van der Waals surface area contributed by atoms with Crippen molar-refractivity contribution in [3.05, 3.63) is 28.2 Å². The van der Waals surface area contributed by atoms with Gasteiger partial charge < -0.3 is 5.73 Å². The van der Waals surface area contributed by atoms with Crippen LogP contribution in [-0.4, -0.2) is 9.36 Å². The first-order valence-corrected chi connectivity index (χ1v) is 5.60. The molecule has 0 aliphatic rings. The largest absolute Gasteiger partial charge is 0.367 e. The Morgan fingerprint density at radius 2 is 2.21 bits per heavy atom. The van der Waals surface area contributed by atoms with Crippen LogP contribution in [0.2, 0.25) is 0 Å². The lowest BCUT2D eigenvalue weighted by molar-refractivity contribution is 1.32. The summed E-state index contributed by atoms with van der Waals surface area (Å²) in [5.74, 6) is 0.337. The Morgan fingerprint density at radius 1 is 1.43 bits per heavy atom. The van der Waals surface area contributed by atoms with Crippen LogP contribution in [0.25, 0.3) is 10.6 Å². The van der Waals surface area contributed by atoms with E-state index >= 15 is 0 Å². The van der Waals surface area contributed by atoms with E-state index < -0.39 is 0 Å². The molecule has 72 valence electrons. The Hall–Kier alpha value is -0.940. The van der Waals surface area contributed by atoms with Crippen LogP contribution in [-0.2, 0) is 0 Å². The molecule has 0 aliphatic carbocycles. The number of hydrogen-bond acceptors (Lipinski definition) is 4. The molecule has 3 nitrogen and oxygen atoms in total. The minimum absolute atomic E-state index is 0.337. The van der Waals surface area contributed by atoms with Gasteiger partial charge in [0, 0.05) is 10.0 Å². The highest BCUT2D eigenvalue weighted by atomic mass is 79.9. The Bertz CT molecular complexity index is 467. The molecule has 1 aromatic carbocycles. The monoisotopic (exact) mass is 269 g/mol. The van der Waals surface area contributed by atoms with Gasteiger partial charge in [0.2, 0.25) is 5.95 Å². The van der Waals surface area contributed by atoms with E-state index in [0.29, 0.717) is 5.95 Å². The fourth-order valence-corrected chi connectivity index (χ4v) is 2.22. The second-order valence-electron chi connectivity index (χ2n) is 2.87. The lowest BCUT2D eigenvalue weighted by Crippen LogP contribution is -1.87. The molecule has 1 aromatic heterocycles. The maximum atomic E-state index is 5.48. The van der Waals surface area contributed by atoms with Crippen molar-refractivity contribution in [1.29, 1.82) is 0 Å². The first-order chi connectivity index (χ1) is 6.68. The van der Waals surface area contributed by atoms with Gasteiger partial charge in [-0.3, -0.25) is 0 Å². The lowest BCUT2D eigenvalue weighted by Gasteiger charge is -2.02. The first kappa shape index (κ1) is 9.61. The molecule has 0 aliphatic heterocycles. The molecule has 0 fully saturated rings. The number of aromatic nitrogens is 2. The maximum Gasteiger partial charge on any atom is 0.232 e. The van der Waals surface area contributed by atoms with E-state index in [1.807, 2.05) is 25.1 Å². The standard InChI is InChI=1S/C9H8BrN3S/c1-5-6(3-2-4-7(5)10)8-12-9(11)13-14-8/h2-4H,1H3,(H2,11,13). The van der Waals surface area contributed by atoms with E-state index in [1.165, 1.54) is 11.5 Å². The van der Waals surface area contributed by atoms with Crippen LogP contribution in [0, 0.1) is 6.92 Å². The summed E-state index contributed by atoms with van der Waals surface area (Å²) in [6, 6.07) is 5.99. The minimum Gasteiger partial charge on any atom is -0.367 e. The molecule has 0 unspecified atom stereocenters. The van der Waals surface area contributed by atoms with Gasteiger partial charge in [-0.25, -0.2) is 0 Å². The molecule has 2 N–H and O–H groups in total. The van der Waals surface area contributed by atoms with E-state index in [9.17, 15) is 0 Å². The number of hydrogen-bond donors (Lipinski definition) is 1. The van der Waals surface area contributed by atoms with E-state index in [4.69, 9.17) is 5.73 Å². The molecule has 14 heavy (non-hydrogen) atoms. The maximum absolute atomic E-state index is 5.48. The summed E-state index contributed by atoms with van der Waals surface area (Å²) in [4.78, 5) is 4.15. The minimum atomic E-state index is 0.337. The number of nitrogens with zero attached hydrogens (tertiary/aromatic N) is 2. The van der Waals surface area contributed by atoms with Crippen LogP contribution in [0.15, 0.2) is 22.7 Å². The van der Waals surface area contributed by atoms with Gasteiger partial charge in [-0.05, 0) is 30.1 Å². The predicted molar refractivity (Wildman–Crippen MR) is 62.2 cm³/mol. The predicted octanol–water partition coefficient (Wildman–Crippen LogP) is 2.86. The Balaban J connectivity index is 2.57. The molecule has 0 saturated heterocycles. The second kappa shape index (κ2) is 3.67. The molecule has 0 amide bonds. The summed E-state index contributed by atoms with van der Waals surface area (Å²) in [5.41, 5.74) is 7.71. The van der Waals surface area contributed by atoms with E-state index in [2.05, 4.69) is 25.3 Å². The fraction of sp³-hybridized carbons (Fsp3) is 0.111. The van der Waals surface area contributed by atoms with Gasteiger partial charge in [0.1, 0.15) is 5.01 Å². The highest BCUT2D eigenvalue weighted by Gasteiger charge is 2.08. The van der Waals surface area contributed by atoms with E-state index in [-0.39, 0.29) is 0 Å². The van der Waals surface area contributed by atoms with Crippen molar-refractivity contribution in [2.45, 2.75) is 6.92 Å². The summed E-state index contributed by atoms with van der Waals surface area (Å²) in [6.45, 7) is 2.04. The summed E-state index contributed by atoms with van der Waals surface area (Å²) >= 11 is 4.79. The van der Waals surface area contributed by atoms with Gasteiger partial charge in [-0.15, -0.1) is 0 Å². The molecular formula is C9H8BrN3S. The number of rotatable bonds is 1. The third-order valence-corrected chi connectivity index (χ3v) is 3.56. The molecule has 2 aromatic rings. The van der Waals surface area contributed by atoms with Gasteiger partial charge in [-0.1, -0.05) is 28.1 Å². The molecular weight excluding hydrogens is 262 g/mol. The zero-order valence-corrected chi connectivity index (χ0v) is 9.89. The smallest absolute Gasteiger partial charge is 0.232 e. The quantitative estimate of drug-likeness (QED) is 0.866. The molecule has 1 heterocycles. The van der Waals surface area contributed by atoms with Crippen molar-refractivity contribution < 1.29 is 0 Å². The van der Waals surface area contributed by atoms with Crippen LogP contribution >= 0.6 is 27.5 Å². The van der Waals surface area contributed by atoms with Gasteiger partial charge in [0.15, 0.2) is 0 Å². The SMILES string of the molecule is Cc1c(Br)cccc1-c1nc(N)ns1. The van der Waals surface area contributed by atoms with Crippen LogP contribution in [0.3, 0.4) is 0 Å². The number of halogens is 1. The van der Waals surface area contributed by atoms with Crippen molar-refractivity contribution in [3.63, 3.8) is 0 Å². The lowest BCUT2D eigenvalue weighted by atomic mass is 10.1. The Morgan fingerprint density at radius 3 is 2.86 bits per heavy atom. The number of nitrogens with two attached hydrogens (primary N) is 1. The first-order valence-electron chi connectivity index (χ1n) is 4.03. The molecule has 5 heteroatoms. The van der Waals surface area contributed by atoms with E-state index in [1.54, 1.807) is 0 Å². The summed E-state index contributed by atoms with van der Waals surface area (Å²) in [6.07, 6.45) is 0. The Kier molecular flexibility index (Phi) is 2.52. The molecule has 0 spiro atoms. The van der Waals surface area contributed by atoms with Crippen molar-refractivity contribution >= 4 is 33.4 Å². The third-order valence-electron chi connectivity index (χ3n) is 1.94. The molecule has 0 saturated carbocycles. The fourth-order valence-electron chi connectivity index (χ4n) is 1.18. The summed E-state index contributed by atoms with van der Waals surface area (Å²) in [7, 11) is 0. The third kappa shape index (κ3) is 1.65. The van der Waals surface area contributed by atoms with Gasteiger partial charge in [0.05, 0.1) is 0 Å². The average Bonchev–Trinajstić information content (AvgIpc) is 2.57. The van der Waals surface area contributed by atoms with Crippen LogP contribution < -0.4 is 5.73 Å². The van der Waals surface area contributed by atoms with Gasteiger partial charge >= 0.3 is 0 Å². The van der Waals surface area contributed by atoms with Gasteiger partial charge in [-0.2, -0.15) is 9.36 Å². The zero-order chi connectivity index (χ0) is 10.1. The Labute approximate surface area is 94.3 Å². The summed E-state index contributed by atoms with van der Waals surface area (Å²) < 4.78 is 5.03. The molecule has 0 bridgehead atoms. The van der Waals surface area contributed by atoms with Crippen LogP contribution in [0.1, 0.15) is 5.56 Å². The normalized spacial score (nSPS) is 10.4. The summed E-state index contributed by atoms with van der Waals surface area (Å²) in [5, 5.41) is 0.862. The average molecular weight is 270 g/mol. The highest BCUT2D eigenvalue weighted by Crippen LogP contribution is 2.29.